The number of amides is 1. The number of nitrogens with zero attached hydrogens (tertiary/aromatic N) is 2. The van der Waals surface area contributed by atoms with Crippen molar-refractivity contribution in [2.24, 2.45) is 5.92 Å². The summed E-state index contributed by atoms with van der Waals surface area (Å²) in [5.74, 6) is 0.399. The van der Waals surface area contributed by atoms with Crippen molar-refractivity contribution in [1.82, 2.24) is 14.6 Å². The smallest absolute Gasteiger partial charge is 0.410 e. The van der Waals surface area contributed by atoms with Crippen LogP contribution in [0.3, 0.4) is 0 Å². The number of aromatic nitrogens is 1. The number of ether oxygens (including phenoxy) is 2. The number of sulfonamides is 1. The molecule has 1 aliphatic rings. The number of carbonyl (C=O) groups is 1. The molecule has 9 heteroatoms. The van der Waals surface area contributed by atoms with Gasteiger partial charge < -0.3 is 14.4 Å². The van der Waals surface area contributed by atoms with E-state index in [-0.39, 0.29) is 23.0 Å². The number of hydrogen-bond donors (Lipinski definition) is 1. The maximum Gasteiger partial charge on any atom is 0.410 e. The van der Waals surface area contributed by atoms with Crippen molar-refractivity contribution in [1.29, 1.82) is 0 Å². The van der Waals surface area contributed by atoms with Crippen LogP contribution in [-0.4, -0.2) is 49.2 Å². The zero-order valence-corrected chi connectivity index (χ0v) is 21.3. The van der Waals surface area contributed by atoms with Crippen molar-refractivity contribution in [3.8, 4) is 5.88 Å². The van der Waals surface area contributed by atoms with Crippen LogP contribution in [0, 0.1) is 5.92 Å². The van der Waals surface area contributed by atoms with Crippen LogP contribution in [0.4, 0.5) is 4.79 Å². The number of hydrogen-bond acceptors (Lipinski definition) is 6. The van der Waals surface area contributed by atoms with Gasteiger partial charge in [0.15, 0.2) is 0 Å². The van der Waals surface area contributed by atoms with E-state index < -0.39 is 21.7 Å². The third-order valence-electron chi connectivity index (χ3n) is 5.48. The summed E-state index contributed by atoms with van der Waals surface area (Å²) in [7, 11) is -3.83. The molecular formula is C25H35N3O5S. The Morgan fingerprint density at radius 3 is 2.26 bits per heavy atom. The molecule has 1 aliphatic heterocycles. The summed E-state index contributed by atoms with van der Waals surface area (Å²) in [6, 6.07) is 12.2. The Morgan fingerprint density at radius 1 is 1.09 bits per heavy atom. The van der Waals surface area contributed by atoms with Crippen LogP contribution in [0.1, 0.15) is 59.1 Å². The predicted molar refractivity (Wildman–Crippen MR) is 130 cm³/mol. The Bertz CT molecular complexity index is 1040. The highest BCUT2D eigenvalue weighted by Crippen LogP contribution is 2.33. The molecule has 8 nitrogen and oxygen atoms in total. The number of carbonyl (C=O) groups excluding carboxylic acids is 1. The first-order valence-corrected chi connectivity index (χ1v) is 13.1. The van der Waals surface area contributed by atoms with Crippen molar-refractivity contribution in [3.63, 3.8) is 0 Å². The molecular weight excluding hydrogens is 454 g/mol. The minimum absolute atomic E-state index is 0.0207. The quantitative estimate of drug-likeness (QED) is 0.613. The summed E-state index contributed by atoms with van der Waals surface area (Å²) in [6.07, 6.45) is 2.23. The van der Waals surface area contributed by atoms with Crippen LogP contribution >= 0.6 is 0 Å². The third kappa shape index (κ3) is 7.17. The fourth-order valence-corrected chi connectivity index (χ4v) is 5.15. The van der Waals surface area contributed by atoms with E-state index in [2.05, 4.69) is 9.71 Å². The molecule has 1 N–H and O–H groups in total. The second-order valence-corrected chi connectivity index (χ2v) is 11.5. The molecule has 3 rings (SSSR count). The second-order valence-electron chi connectivity index (χ2n) is 9.81. The van der Waals surface area contributed by atoms with Crippen molar-refractivity contribution >= 4 is 16.1 Å². The lowest BCUT2D eigenvalue weighted by atomic mass is 9.86. The molecule has 1 aromatic heterocycles. The molecule has 1 aromatic carbocycles. The predicted octanol–water partition coefficient (Wildman–Crippen LogP) is 4.54. The molecule has 1 atom stereocenters. The summed E-state index contributed by atoms with van der Waals surface area (Å²) in [5, 5.41) is 0. The molecule has 1 saturated heterocycles. The lowest BCUT2D eigenvalue weighted by Gasteiger charge is -2.37. The van der Waals surface area contributed by atoms with E-state index in [1.165, 1.54) is 12.3 Å². The van der Waals surface area contributed by atoms with Gasteiger partial charge in [-0.1, -0.05) is 30.3 Å². The average Bonchev–Trinajstić information content (AvgIpc) is 2.77. The lowest BCUT2D eigenvalue weighted by Crippen LogP contribution is -2.44. The fourth-order valence-electron chi connectivity index (χ4n) is 3.91. The molecule has 0 saturated carbocycles. The van der Waals surface area contributed by atoms with Gasteiger partial charge in [0.25, 0.3) is 0 Å². The van der Waals surface area contributed by atoms with Gasteiger partial charge in [-0.15, -0.1) is 0 Å². The fraction of sp³-hybridized carbons (Fsp3) is 0.520. The molecule has 0 bridgehead atoms. The maximum absolute atomic E-state index is 13.2. The van der Waals surface area contributed by atoms with Crippen LogP contribution < -0.4 is 9.46 Å². The van der Waals surface area contributed by atoms with Crippen LogP contribution in [0.2, 0.25) is 0 Å². The van der Waals surface area contributed by atoms with Crippen molar-refractivity contribution < 1.29 is 22.7 Å². The van der Waals surface area contributed by atoms with E-state index in [1.807, 2.05) is 65.0 Å². The monoisotopic (exact) mass is 489 g/mol. The lowest BCUT2D eigenvalue weighted by molar-refractivity contribution is 0.0172. The summed E-state index contributed by atoms with van der Waals surface area (Å²) in [5.41, 5.74) is 0.328. The van der Waals surface area contributed by atoms with E-state index in [1.54, 1.807) is 11.0 Å². The highest BCUT2D eigenvalue weighted by molar-refractivity contribution is 7.89. The normalized spacial score (nSPS) is 16.4. The highest BCUT2D eigenvalue weighted by Gasteiger charge is 2.34. The van der Waals surface area contributed by atoms with Gasteiger partial charge in [0, 0.05) is 25.2 Å². The minimum atomic E-state index is -3.83. The van der Waals surface area contributed by atoms with Gasteiger partial charge in [-0.3, -0.25) is 0 Å². The molecule has 34 heavy (non-hydrogen) atoms. The average molecular weight is 490 g/mol. The minimum Gasteiger partial charge on any atom is -0.475 e. The third-order valence-corrected chi connectivity index (χ3v) is 6.91. The molecule has 2 aromatic rings. The van der Waals surface area contributed by atoms with Crippen LogP contribution in [0.15, 0.2) is 53.6 Å². The van der Waals surface area contributed by atoms with Gasteiger partial charge in [0.2, 0.25) is 15.9 Å². The van der Waals surface area contributed by atoms with Crippen molar-refractivity contribution in [3.05, 3.63) is 54.2 Å². The van der Waals surface area contributed by atoms with Crippen LogP contribution in [-0.2, 0) is 14.8 Å². The van der Waals surface area contributed by atoms with E-state index in [0.717, 1.165) is 5.56 Å². The summed E-state index contributed by atoms with van der Waals surface area (Å²) >= 11 is 0. The summed E-state index contributed by atoms with van der Waals surface area (Å²) in [6.45, 7) is 10.3. The Kier molecular flexibility index (Phi) is 8.20. The Hall–Kier alpha value is -2.65. The van der Waals surface area contributed by atoms with Gasteiger partial charge in [-0.2, -0.15) is 0 Å². The number of nitrogens with one attached hydrogen (secondary N) is 1. The standard InChI is InChI=1S/C25H35N3O5S/c1-18(2)32-22-12-11-21(17-26-22)34(30,31)27-23(19-9-7-6-8-10-19)20-13-15-28(16-14-20)24(29)33-25(3,4)5/h6-12,17-18,20,23,27H,13-16H2,1-5H3/t23-/m0/s1. The maximum atomic E-state index is 13.2. The number of benzene rings is 1. The number of rotatable bonds is 7. The van der Waals surface area contributed by atoms with Crippen LogP contribution in [0.25, 0.3) is 0 Å². The SMILES string of the molecule is CC(C)Oc1ccc(S(=O)(=O)N[C@@H](c2ccccc2)C2CCN(C(=O)OC(C)(C)C)CC2)cn1. The molecule has 2 heterocycles. The topological polar surface area (TPSA) is 97.8 Å². The molecule has 0 unspecified atom stereocenters. The first-order valence-electron chi connectivity index (χ1n) is 11.6. The van der Waals surface area contributed by atoms with Gasteiger partial charge in [0.05, 0.1) is 12.3 Å². The molecule has 1 fully saturated rings. The molecule has 0 spiro atoms. The molecule has 0 aliphatic carbocycles. The van der Waals surface area contributed by atoms with E-state index in [9.17, 15) is 13.2 Å². The largest absolute Gasteiger partial charge is 0.475 e. The zero-order valence-electron chi connectivity index (χ0n) is 20.5. The van der Waals surface area contributed by atoms with E-state index in [4.69, 9.17) is 9.47 Å². The Morgan fingerprint density at radius 2 is 1.74 bits per heavy atom. The zero-order chi connectivity index (χ0) is 24.9. The Balaban J connectivity index is 1.76. The molecule has 0 radical (unpaired) electrons. The molecule has 1 amide bonds. The van der Waals surface area contributed by atoms with Gasteiger partial charge >= 0.3 is 6.09 Å². The highest BCUT2D eigenvalue weighted by atomic mass is 32.2. The Labute approximate surface area is 202 Å². The van der Waals surface area contributed by atoms with E-state index >= 15 is 0 Å². The first-order chi connectivity index (χ1) is 15.9. The number of likely N-dealkylation sites (tertiary alicyclic amines) is 1. The summed E-state index contributed by atoms with van der Waals surface area (Å²) < 4.78 is 40.4. The van der Waals surface area contributed by atoms with Crippen molar-refractivity contribution in [2.45, 2.75) is 70.1 Å². The molecule has 186 valence electrons. The van der Waals surface area contributed by atoms with E-state index in [0.29, 0.717) is 31.8 Å². The second kappa shape index (κ2) is 10.7. The van der Waals surface area contributed by atoms with Crippen LogP contribution in [0.5, 0.6) is 5.88 Å². The van der Waals surface area contributed by atoms with Crippen molar-refractivity contribution in [2.75, 3.05) is 13.1 Å². The number of piperidine rings is 1. The number of pyridine rings is 1. The van der Waals surface area contributed by atoms with Gasteiger partial charge in [-0.25, -0.2) is 22.9 Å². The van der Waals surface area contributed by atoms with Gasteiger partial charge in [0.1, 0.15) is 10.5 Å². The summed E-state index contributed by atoms with van der Waals surface area (Å²) in [4.78, 5) is 18.3. The van der Waals surface area contributed by atoms with Gasteiger partial charge in [-0.05, 0) is 65.0 Å². The first kappa shape index (κ1) is 26.0.